The molecule has 3 saturated heterocycles. The molecule has 3 aliphatic rings. The lowest BCUT2D eigenvalue weighted by Gasteiger charge is -2.35. The zero-order chi connectivity index (χ0) is 46.5. The number of rotatable bonds is 10. The minimum atomic E-state index is -1.03. The molecule has 3 fully saturated rings. The van der Waals surface area contributed by atoms with E-state index in [0.717, 1.165) is 0 Å². The second kappa shape index (κ2) is 19.7. The van der Waals surface area contributed by atoms with Crippen LogP contribution < -0.4 is 15.5 Å². The third-order valence-electron chi connectivity index (χ3n) is 11.6. The highest BCUT2D eigenvalue weighted by Crippen LogP contribution is 2.34. The average Bonchev–Trinajstić information content (AvgIpc) is 4.06. The Hall–Kier alpha value is -6.58. The van der Waals surface area contributed by atoms with Crippen molar-refractivity contribution in [1.29, 1.82) is 0 Å². The lowest BCUT2D eigenvalue weighted by atomic mass is 10.0. The molecule has 0 radical (unpaired) electrons. The summed E-state index contributed by atoms with van der Waals surface area (Å²) in [4.78, 5) is 84.7. The molecule has 3 aliphatic heterocycles. The maximum absolute atomic E-state index is 15.9. The number of amides is 5. The van der Waals surface area contributed by atoms with E-state index in [1.807, 2.05) is 23.1 Å². The highest BCUT2D eigenvalue weighted by Gasteiger charge is 2.40. The monoisotopic (exact) mass is 890 g/mol. The van der Waals surface area contributed by atoms with Crippen molar-refractivity contribution in [3.63, 3.8) is 0 Å². The number of aromatic amines is 1. The van der Waals surface area contributed by atoms with Gasteiger partial charge in [-0.15, -0.1) is 0 Å². The van der Waals surface area contributed by atoms with Crippen molar-refractivity contribution in [3.8, 4) is 11.3 Å². The second-order valence-corrected chi connectivity index (χ2v) is 18.8. The van der Waals surface area contributed by atoms with E-state index in [1.54, 1.807) is 112 Å². The van der Waals surface area contributed by atoms with Crippen molar-refractivity contribution in [2.24, 2.45) is 4.99 Å². The summed E-state index contributed by atoms with van der Waals surface area (Å²) in [5, 5.41) is 5.88. The van der Waals surface area contributed by atoms with Gasteiger partial charge in [0, 0.05) is 43.3 Å². The Kier molecular flexibility index (Phi) is 14.0. The van der Waals surface area contributed by atoms with Crippen molar-refractivity contribution in [2.45, 2.75) is 115 Å². The van der Waals surface area contributed by atoms with Gasteiger partial charge in [-0.05, 0) is 97.8 Å². The molecule has 3 N–H and O–H groups in total. The van der Waals surface area contributed by atoms with Gasteiger partial charge in [0.15, 0.2) is 0 Å². The minimum absolute atomic E-state index is 0.0154. The highest BCUT2D eigenvalue weighted by atomic mass is 19.1. The molecule has 344 valence electrons. The lowest BCUT2D eigenvalue weighted by molar-refractivity contribution is -0.140. The zero-order valence-corrected chi connectivity index (χ0v) is 37.9. The van der Waals surface area contributed by atoms with Gasteiger partial charge < -0.3 is 39.8 Å². The fraction of sp³-hybridized carbons (Fsp3) is 0.449. The van der Waals surface area contributed by atoms with E-state index in [9.17, 15) is 24.0 Å². The van der Waals surface area contributed by atoms with Crippen LogP contribution in [0.2, 0.25) is 0 Å². The first-order valence-electron chi connectivity index (χ1n) is 22.4. The summed E-state index contributed by atoms with van der Waals surface area (Å²) in [6.07, 6.45) is 3.70. The molecule has 3 atom stereocenters. The number of nitrogens with zero attached hydrogens (tertiary/aromatic N) is 5. The van der Waals surface area contributed by atoms with Crippen LogP contribution in [0.3, 0.4) is 0 Å². The van der Waals surface area contributed by atoms with E-state index in [2.05, 4.69) is 25.6 Å². The van der Waals surface area contributed by atoms with Crippen LogP contribution >= 0.6 is 0 Å². The number of ether oxygens (including phenoxy) is 2. The Morgan fingerprint density at radius 1 is 0.800 bits per heavy atom. The standard InChI is InChI=1S/C49H59FN8O7/c1-48(2,3)64-46(62)54-40(31-15-9-7-10-16-31)44(60)57-25-13-19-38(57)42-51-30-36(53-42)33-21-22-37(35(50)29-33)56-27-23-34(24-28-56)52-43(59)39-20-14-26-58(39)45(61)41(32-17-11-8-12-18-32)55-47(63)65-49(4,5)6/h7-12,15-18,21-22,29-30,34,38-39,41H,13-14,19-20,23-28H2,1-6H3,(H,51,53)(H,52,59)(H,55,63)/t38-,39-,41+/m0/s1. The van der Waals surface area contributed by atoms with E-state index < -0.39 is 53.2 Å². The number of alkyl carbamates (subject to hydrolysis) is 1. The number of halogens is 1. The largest absolute Gasteiger partial charge is 0.444 e. The van der Waals surface area contributed by atoms with Crippen LogP contribution in [-0.2, 0) is 23.9 Å². The molecular formula is C49H59FN8O7. The van der Waals surface area contributed by atoms with Gasteiger partial charge in [-0.1, -0.05) is 66.7 Å². The summed E-state index contributed by atoms with van der Waals surface area (Å²) >= 11 is 0. The summed E-state index contributed by atoms with van der Waals surface area (Å²) in [5.74, 6) is -0.905. The van der Waals surface area contributed by atoms with Crippen LogP contribution in [0, 0.1) is 5.82 Å². The van der Waals surface area contributed by atoms with Gasteiger partial charge in [0.25, 0.3) is 11.8 Å². The number of H-pyrrole nitrogens is 1. The smallest absolute Gasteiger partial charge is 0.434 e. The molecule has 0 aliphatic carbocycles. The number of aromatic nitrogens is 2. The summed E-state index contributed by atoms with van der Waals surface area (Å²) in [5.41, 5.74) is 1.14. The summed E-state index contributed by atoms with van der Waals surface area (Å²) in [6.45, 7) is 12.3. The highest BCUT2D eigenvalue weighted by molar-refractivity contribution is 6.46. The molecule has 5 amide bonds. The Labute approximate surface area is 379 Å². The van der Waals surface area contributed by atoms with Crippen LogP contribution in [0.15, 0.2) is 90.1 Å². The number of benzene rings is 3. The van der Waals surface area contributed by atoms with E-state index >= 15 is 4.39 Å². The minimum Gasteiger partial charge on any atom is -0.444 e. The molecule has 16 heteroatoms. The van der Waals surface area contributed by atoms with Gasteiger partial charge >= 0.3 is 12.2 Å². The Bertz CT molecular complexity index is 2390. The van der Waals surface area contributed by atoms with Gasteiger partial charge in [0.05, 0.1) is 23.6 Å². The molecule has 0 unspecified atom stereocenters. The number of carbonyl (C=O) groups excluding carboxylic acids is 5. The van der Waals surface area contributed by atoms with Crippen LogP contribution in [0.5, 0.6) is 0 Å². The van der Waals surface area contributed by atoms with E-state index in [-0.39, 0.29) is 23.6 Å². The normalized spacial score (nSPS) is 18.9. The first-order valence-corrected chi connectivity index (χ1v) is 22.4. The molecule has 0 spiro atoms. The molecule has 1 aromatic heterocycles. The van der Waals surface area contributed by atoms with Crippen molar-refractivity contribution in [3.05, 3.63) is 108 Å². The summed E-state index contributed by atoms with van der Waals surface area (Å²) < 4.78 is 26.8. The fourth-order valence-corrected chi connectivity index (χ4v) is 8.61. The number of carbonyl (C=O) groups is 5. The molecule has 4 heterocycles. The van der Waals surface area contributed by atoms with E-state index in [4.69, 9.17) is 9.47 Å². The maximum Gasteiger partial charge on any atom is 0.434 e. The number of hydrogen-bond donors (Lipinski definition) is 3. The van der Waals surface area contributed by atoms with Crippen molar-refractivity contribution < 1.29 is 37.8 Å². The molecular weight excluding hydrogens is 832 g/mol. The predicted molar refractivity (Wildman–Crippen MR) is 244 cm³/mol. The van der Waals surface area contributed by atoms with Crippen molar-refractivity contribution in [1.82, 2.24) is 30.4 Å². The fourth-order valence-electron chi connectivity index (χ4n) is 8.61. The molecule has 3 aromatic carbocycles. The number of piperidine rings is 1. The Morgan fingerprint density at radius 3 is 2.11 bits per heavy atom. The molecule has 15 nitrogen and oxygen atoms in total. The third kappa shape index (κ3) is 11.6. The number of nitrogens with one attached hydrogen (secondary N) is 3. The van der Waals surface area contributed by atoms with Gasteiger partial charge in [0.2, 0.25) is 5.91 Å². The van der Waals surface area contributed by atoms with Gasteiger partial charge in [0.1, 0.15) is 40.6 Å². The van der Waals surface area contributed by atoms with Gasteiger partial charge in [-0.2, -0.15) is 4.99 Å². The van der Waals surface area contributed by atoms with Crippen LogP contribution in [0.1, 0.15) is 109 Å². The molecule has 0 bridgehead atoms. The van der Waals surface area contributed by atoms with Gasteiger partial charge in [-0.3, -0.25) is 14.4 Å². The van der Waals surface area contributed by atoms with Crippen molar-refractivity contribution in [2.75, 3.05) is 31.1 Å². The van der Waals surface area contributed by atoms with Crippen LogP contribution in [0.4, 0.5) is 19.7 Å². The summed E-state index contributed by atoms with van der Waals surface area (Å²) in [7, 11) is 0. The molecule has 7 rings (SSSR count). The topological polar surface area (TPSA) is 179 Å². The Morgan fingerprint density at radius 2 is 1.45 bits per heavy atom. The lowest BCUT2D eigenvalue weighted by Crippen LogP contribution is -2.53. The van der Waals surface area contributed by atoms with E-state index in [0.29, 0.717) is 98.6 Å². The van der Waals surface area contributed by atoms with E-state index in [1.165, 1.54) is 6.07 Å². The number of aliphatic imine (C=N–C) groups is 1. The van der Waals surface area contributed by atoms with Crippen LogP contribution in [-0.4, -0.2) is 105 Å². The maximum atomic E-state index is 15.9. The quantitative estimate of drug-likeness (QED) is 0.135. The number of likely N-dealkylation sites (tertiary alicyclic amines) is 2. The van der Waals surface area contributed by atoms with Crippen molar-refractivity contribution >= 4 is 41.3 Å². The molecule has 0 saturated carbocycles. The summed E-state index contributed by atoms with van der Waals surface area (Å²) in [6, 6.07) is 20.5. The number of anilines is 1. The first kappa shape index (κ1) is 46.4. The Balaban J connectivity index is 0.963. The predicted octanol–water partition coefficient (Wildman–Crippen LogP) is 7.65. The SMILES string of the molecule is CC(C)(C)OC(=O)N=C(C(=O)N1CCC[C@H]1c1ncc(-c2ccc(N3CCC(NC(=O)[C@@H]4CCCN4C(=O)[C@H](NC(=O)OC(C)(C)C)c4ccccc4)CC3)c(F)c2)[nH]1)c1ccccc1. The molecule has 4 aromatic rings. The number of hydrogen-bond acceptors (Lipinski definition) is 9. The average molecular weight is 891 g/mol. The first-order chi connectivity index (χ1) is 30.9. The van der Waals surface area contributed by atoms with Crippen LogP contribution in [0.25, 0.3) is 11.3 Å². The van der Waals surface area contributed by atoms with Gasteiger partial charge in [-0.25, -0.2) is 19.0 Å². The number of imidazole rings is 1. The third-order valence-corrected chi connectivity index (χ3v) is 11.6. The zero-order valence-electron chi connectivity index (χ0n) is 37.9. The second-order valence-electron chi connectivity index (χ2n) is 18.8. The molecule has 65 heavy (non-hydrogen) atoms.